The van der Waals surface area contributed by atoms with Crippen molar-refractivity contribution in [1.82, 2.24) is 19.7 Å². The molecule has 0 spiro atoms. The van der Waals surface area contributed by atoms with Gasteiger partial charge in [-0.25, -0.2) is 4.98 Å². The van der Waals surface area contributed by atoms with Crippen LogP contribution in [0, 0.1) is 0 Å². The van der Waals surface area contributed by atoms with E-state index >= 15 is 0 Å². The molecule has 3 aromatic rings. The molecule has 1 aliphatic heterocycles. The fourth-order valence-corrected chi connectivity index (χ4v) is 3.89. The lowest BCUT2D eigenvalue weighted by Gasteiger charge is -2.26. The number of aromatic nitrogens is 4. The number of ether oxygens (including phenoxy) is 1. The third kappa shape index (κ3) is 2.86. The van der Waals surface area contributed by atoms with Crippen LogP contribution < -0.4 is 15.4 Å². The van der Waals surface area contributed by atoms with Crippen LogP contribution >= 0.6 is 11.8 Å². The van der Waals surface area contributed by atoms with Gasteiger partial charge in [-0.15, -0.1) is 0 Å². The van der Waals surface area contributed by atoms with E-state index in [1.54, 1.807) is 11.8 Å². The minimum atomic E-state index is 0.563. The van der Waals surface area contributed by atoms with Crippen molar-refractivity contribution in [2.24, 2.45) is 7.05 Å². The van der Waals surface area contributed by atoms with Crippen molar-refractivity contribution in [3.8, 4) is 17.0 Å². The highest BCUT2D eigenvalue weighted by Gasteiger charge is 2.21. The molecule has 1 saturated heterocycles. The predicted octanol–water partition coefficient (Wildman–Crippen LogP) is 2.17. The molecule has 4 rings (SSSR count). The van der Waals surface area contributed by atoms with E-state index in [1.807, 2.05) is 43.1 Å². The molecule has 0 atom stereocenters. The maximum absolute atomic E-state index is 6.25. The summed E-state index contributed by atoms with van der Waals surface area (Å²) < 4.78 is 7.01. The Kier molecular flexibility index (Phi) is 4.12. The second-order valence-electron chi connectivity index (χ2n) is 5.91. The van der Waals surface area contributed by atoms with Crippen molar-refractivity contribution >= 4 is 34.6 Å². The molecule has 0 aliphatic carbocycles. The van der Waals surface area contributed by atoms with Gasteiger partial charge in [-0.3, -0.25) is 4.68 Å². The van der Waals surface area contributed by atoms with Crippen molar-refractivity contribution in [3.05, 3.63) is 24.3 Å². The average molecular weight is 356 g/mol. The van der Waals surface area contributed by atoms with Gasteiger partial charge < -0.3 is 15.4 Å². The predicted molar refractivity (Wildman–Crippen MR) is 102 cm³/mol. The maximum Gasteiger partial charge on any atom is 0.228 e. The van der Waals surface area contributed by atoms with Crippen LogP contribution in [0.4, 0.5) is 11.8 Å². The van der Waals surface area contributed by atoms with E-state index in [0.717, 1.165) is 47.0 Å². The number of nitrogens with two attached hydrogens (primary N) is 1. The summed E-state index contributed by atoms with van der Waals surface area (Å²) >= 11 is 1.96. The van der Waals surface area contributed by atoms with Gasteiger partial charge in [-0.2, -0.15) is 21.8 Å². The smallest absolute Gasteiger partial charge is 0.228 e. The zero-order valence-corrected chi connectivity index (χ0v) is 15.1. The topological polar surface area (TPSA) is 82.1 Å². The second-order valence-corrected chi connectivity index (χ2v) is 7.14. The van der Waals surface area contributed by atoms with Crippen molar-refractivity contribution in [2.75, 3.05) is 42.3 Å². The van der Waals surface area contributed by atoms with Crippen molar-refractivity contribution in [2.45, 2.75) is 0 Å². The molecule has 0 unspecified atom stereocenters. The van der Waals surface area contributed by atoms with E-state index in [2.05, 4.69) is 15.0 Å². The Labute approximate surface area is 150 Å². The zero-order chi connectivity index (χ0) is 17.4. The fourth-order valence-electron chi connectivity index (χ4n) is 2.99. The Bertz CT molecular complexity index is 919. The van der Waals surface area contributed by atoms with Crippen LogP contribution in [0.15, 0.2) is 24.3 Å². The monoisotopic (exact) mass is 356 g/mol. The van der Waals surface area contributed by atoms with Crippen molar-refractivity contribution in [3.63, 3.8) is 0 Å². The van der Waals surface area contributed by atoms with Gasteiger partial charge in [0.1, 0.15) is 11.6 Å². The Morgan fingerprint density at radius 1 is 1.20 bits per heavy atom. The molecule has 7 nitrogen and oxygen atoms in total. The second kappa shape index (κ2) is 6.44. The lowest BCUT2D eigenvalue weighted by Crippen LogP contribution is -2.33. The number of nitrogens with zero attached hydrogens (tertiary/aromatic N) is 5. The molecule has 25 heavy (non-hydrogen) atoms. The first kappa shape index (κ1) is 16.0. The molecule has 8 heteroatoms. The van der Waals surface area contributed by atoms with Gasteiger partial charge >= 0.3 is 0 Å². The molecule has 130 valence electrons. The number of hydrogen-bond acceptors (Lipinski definition) is 7. The minimum absolute atomic E-state index is 0.563. The summed E-state index contributed by atoms with van der Waals surface area (Å²) in [6.07, 6.45) is 0. The van der Waals surface area contributed by atoms with Gasteiger partial charge in [0.25, 0.3) is 0 Å². The van der Waals surface area contributed by atoms with Gasteiger partial charge in [0, 0.05) is 37.2 Å². The van der Waals surface area contributed by atoms with Crippen LogP contribution in [0.1, 0.15) is 0 Å². The molecule has 0 bridgehead atoms. The number of methoxy groups -OCH3 is 1. The van der Waals surface area contributed by atoms with Crippen LogP contribution in [0.2, 0.25) is 0 Å². The molecular formula is C17H20N6OS. The Morgan fingerprint density at radius 2 is 2.00 bits per heavy atom. The minimum Gasteiger partial charge on any atom is -0.497 e. The number of anilines is 2. The first-order valence-electron chi connectivity index (χ1n) is 8.14. The van der Waals surface area contributed by atoms with Gasteiger partial charge in [-0.1, -0.05) is 12.1 Å². The number of benzene rings is 1. The summed E-state index contributed by atoms with van der Waals surface area (Å²) in [5.41, 5.74) is 8.61. The first-order chi connectivity index (χ1) is 12.2. The van der Waals surface area contributed by atoms with Crippen molar-refractivity contribution in [1.29, 1.82) is 0 Å². The lowest BCUT2D eigenvalue weighted by atomic mass is 10.1. The molecular weight excluding hydrogens is 336 g/mol. The van der Waals surface area contributed by atoms with E-state index in [-0.39, 0.29) is 0 Å². The van der Waals surface area contributed by atoms with Crippen molar-refractivity contribution < 1.29 is 4.74 Å². The molecule has 0 saturated carbocycles. The SMILES string of the molecule is COc1cccc(-c2nc(N3CCSCC3)nc3nn(C)c(N)c23)c1. The average Bonchev–Trinajstić information content (AvgIpc) is 2.96. The van der Waals surface area contributed by atoms with Gasteiger partial charge in [0.05, 0.1) is 18.2 Å². The van der Waals surface area contributed by atoms with Crippen LogP contribution in [0.5, 0.6) is 5.75 Å². The summed E-state index contributed by atoms with van der Waals surface area (Å²) in [5.74, 6) is 4.22. The van der Waals surface area contributed by atoms with E-state index in [9.17, 15) is 0 Å². The molecule has 1 aromatic carbocycles. The summed E-state index contributed by atoms with van der Waals surface area (Å²) in [4.78, 5) is 11.7. The fraction of sp³-hybridized carbons (Fsp3) is 0.353. The third-order valence-electron chi connectivity index (χ3n) is 4.36. The first-order valence-corrected chi connectivity index (χ1v) is 9.30. The van der Waals surface area contributed by atoms with E-state index in [1.165, 1.54) is 0 Å². The maximum atomic E-state index is 6.25. The Balaban J connectivity index is 1.93. The molecule has 2 N–H and O–H groups in total. The highest BCUT2D eigenvalue weighted by molar-refractivity contribution is 7.99. The quantitative estimate of drug-likeness (QED) is 0.770. The molecule has 0 amide bonds. The molecule has 2 aromatic heterocycles. The van der Waals surface area contributed by atoms with Crippen LogP contribution in [0.3, 0.4) is 0 Å². The lowest BCUT2D eigenvalue weighted by molar-refractivity contribution is 0.415. The Hall–Kier alpha value is -2.48. The van der Waals surface area contributed by atoms with Gasteiger partial charge in [0.15, 0.2) is 5.65 Å². The number of fused-ring (bicyclic) bond motifs is 1. The van der Waals surface area contributed by atoms with E-state index < -0.39 is 0 Å². The number of nitrogen functional groups attached to an aromatic ring is 1. The highest BCUT2D eigenvalue weighted by atomic mass is 32.2. The standard InChI is InChI=1S/C17H20N6OS/c1-22-15(18)13-14(11-4-3-5-12(10-11)24-2)19-17(20-16(13)21-22)23-6-8-25-9-7-23/h3-5,10H,6-9,18H2,1-2H3. The Morgan fingerprint density at radius 3 is 2.76 bits per heavy atom. The van der Waals surface area contributed by atoms with E-state index in [0.29, 0.717) is 17.4 Å². The van der Waals surface area contributed by atoms with Gasteiger partial charge in [-0.05, 0) is 12.1 Å². The molecule has 0 radical (unpaired) electrons. The van der Waals surface area contributed by atoms with Crippen LogP contribution in [-0.2, 0) is 7.05 Å². The van der Waals surface area contributed by atoms with Crippen LogP contribution in [0.25, 0.3) is 22.3 Å². The normalized spacial score (nSPS) is 14.9. The summed E-state index contributed by atoms with van der Waals surface area (Å²) in [7, 11) is 3.48. The largest absolute Gasteiger partial charge is 0.497 e. The molecule has 1 aliphatic rings. The van der Waals surface area contributed by atoms with E-state index in [4.69, 9.17) is 15.5 Å². The summed E-state index contributed by atoms with van der Waals surface area (Å²) in [6, 6.07) is 7.83. The number of aryl methyl sites for hydroxylation is 1. The number of rotatable bonds is 3. The van der Waals surface area contributed by atoms with Crippen LogP contribution in [-0.4, -0.2) is 51.5 Å². The molecule has 3 heterocycles. The third-order valence-corrected chi connectivity index (χ3v) is 5.31. The number of hydrogen-bond donors (Lipinski definition) is 1. The highest BCUT2D eigenvalue weighted by Crippen LogP contribution is 2.33. The summed E-state index contributed by atoms with van der Waals surface area (Å²) in [6.45, 7) is 1.88. The number of thioether (sulfide) groups is 1. The van der Waals surface area contributed by atoms with Gasteiger partial charge in [0.2, 0.25) is 5.95 Å². The zero-order valence-electron chi connectivity index (χ0n) is 14.3. The summed E-state index contributed by atoms with van der Waals surface area (Å²) in [5, 5.41) is 5.26. The molecule has 1 fully saturated rings.